The minimum Gasteiger partial charge on any atom is -0.466 e. The van der Waals surface area contributed by atoms with Crippen LogP contribution in [0.2, 0.25) is 0 Å². The van der Waals surface area contributed by atoms with E-state index in [0.29, 0.717) is 25.9 Å². The number of esters is 2. The van der Waals surface area contributed by atoms with Crippen LogP contribution in [0.25, 0.3) is 0 Å². The Morgan fingerprint density at radius 3 is 1.33 bits per heavy atom. The van der Waals surface area contributed by atoms with Gasteiger partial charge in [-0.3, -0.25) is 9.59 Å². The van der Waals surface area contributed by atoms with Crippen LogP contribution in [0.4, 0.5) is 0 Å². The van der Waals surface area contributed by atoms with Gasteiger partial charge in [-0.05, 0) is 111 Å². The lowest BCUT2D eigenvalue weighted by atomic mass is 9.95. The van der Waals surface area contributed by atoms with Crippen molar-refractivity contribution in [2.24, 2.45) is 5.92 Å². The fourth-order valence-electron chi connectivity index (χ4n) is 6.67. The second-order valence-corrected chi connectivity index (χ2v) is 16.9. The number of ether oxygens (including phenoxy) is 2. The summed E-state index contributed by atoms with van der Waals surface area (Å²) in [5, 5.41) is 0. The number of hydrogen-bond acceptors (Lipinski definition) is 4. The molecule has 0 aromatic carbocycles. The highest BCUT2D eigenvalue weighted by atomic mass is 16.6. The first kappa shape index (κ1) is 62.2. The lowest BCUT2D eigenvalue weighted by molar-refractivity contribution is -0.151. The zero-order valence-electron chi connectivity index (χ0n) is 40.7. The van der Waals surface area contributed by atoms with Gasteiger partial charge in [-0.15, -0.1) is 0 Å². The van der Waals surface area contributed by atoms with Crippen LogP contribution in [0.15, 0.2) is 96.2 Å². The van der Waals surface area contributed by atoms with E-state index in [0.717, 1.165) is 83.0 Å². The molecule has 0 amide bonds. The van der Waals surface area contributed by atoms with Crippen LogP contribution >= 0.6 is 0 Å². The third-order valence-electron chi connectivity index (χ3n) is 10.1. The Morgan fingerprint density at radius 2 is 0.885 bits per heavy atom. The molecule has 0 heterocycles. The molecule has 0 bridgehead atoms. The summed E-state index contributed by atoms with van der Waals surface area (Å²) in [5.41, 5.74) is 2.90. The number of hydrogen-bond donors (Lipinski definition) is 0. The minimum absolute atomic E-state index is 0. The van der Waals surface area contributed by atoms with Gasteiger partial charge in [0.1, 0.15) is 6.10 Å². The van der Waals surface area contributed by atoms with Crippen LogP contribution in [0.5, 0.6) is 0 Å². The quantitative estimate of drug-likeness (QED) is 0.0269. The zero-order chi connectivity index (χ0) is 44.6. The van der Waals surface area contributed by atoms with Crippen molar-refractivity contribution in [2.45, 2.75) is 242 Å². The van der Waals surface area contributed by atoms with E-state index < -0.39 is 0 Å². The Morgan fingerprint density at radius 1 is 0.443 bits per heavy atom. The summed E-state index contributed by atoms with van der Waals surface area (Å²) >= 11 is 0. The highest BCUT2D eigenvalue weighted by molar-refractivity contribution is 5.69. The van der Waals surface area contributed by atoms with Gasteiger partial charge in [0.25, 0.3) is 0 Å². The Hall–Kier alpha value is -3.14. The summed E-state index contributed by atoms with van der Waals surface area (Å²) in [6.07, 6.45) is 59.4. The molecule has 0 fully saturated rings. The van der Waals surface area contributed by atoms with Gasteiger partial charge < -0.3 is 9.47 Å². The molecule has 0 aromatic heterocycles. The molecule has 4 heteroatoms. The maximum absolute atomic E-state index is 12.4. The molecule has 0 aliphatic carbocycles. The first-order valence-electron chi connectivity index (χ1n) is 24.8. The van der Waals surface area contributed by atoms with Gasteiger partial charge in [-0.1, -0.05) is 208 Å². The predicted molar refractivity (Wildman–Crippen MR) is 272 cm³/mol. The number of carbonyl (C=O) groups excluding carboxylic acids is 2. The average Bonchev–Trinajstić information content (AvgIpc) is 3.21. The second-order valence-electron chi connectivity index (χ2n) is 16.9. The normalized spacial score (nSPS) is 12.6. The van der Waals surface area contributed by atoms with Crippen molar-refractivity contribution in [3.8, 4) is 0 Å². The SMILES string of the molecule is C.CCCC(C=C(C)C)CCC=C(C)C.CCCC\C=C/C=C/C=C\CCCCCCCC(=O)OCCC(CCC)OC(=O)CCCCCCC\C=C/C=C/C=C\CCCC. The van der Waals surface area contributed by atoms with E-state index in [2.05, 4.69) is 140 Å². The van der Waals surface area contributed by atoms with E-state index >= 15 is 0 Å². The standard InChI is InChI=1S/C42H70O4.C14H26.CH4/c1-4-7-9-11-13-15-17-19-21-23-25-27-29-31-33-36-41(43)45-39-38-40(35-6-3)46-42(44)37-34-32-30-28-26-24-22-20-18-16-14-12-10-8-5-2;1-6-8-14(11-13(4)5)10-7-9-12(2)3;/h11-22,40H,4-10,23-39H2,1-3H3;9,11,14H,6-8,10H2,1-5H3;1H4/b13-11-,14-12-,17-15+,18-16+,21-19-,22-20-;;. The largest absolute Gasteiger partial charge is 0.466 e. The molecule has 0 aliphatic heterocycles. The van der Waals surface area contributed by atoms with Crippen LogP contribution < -0.4 is 0 Å². The molecular weight excluding hydrogens is 749 g/mol. The van der Waals surface area contributed by atoms with Crippen molar-refractivity contribution < 1.29 is 19.1 Å². The highest BCUT2D eigenvalue weighted by Crippen LogP contribution is 2.18. The molecule has 0 N–H and O–H groups in total. The summed E-state index contributed by atoms with van der Waals surface area (Å²) in [6.45, 7) is 17.9. The monoisotopic (exact) mass is 849 g/mol. The number of allylic oxidation sites excluding steroid dienone is 16. The average molecular weight is 849 g/mol. The van der Waals surface area contributed by atoms with Gasteiger partial charge in [-0.25, -0.2) is 0 Å². The van der Waals surface area contributed by atoms with E-state index in [1.165, 1.54) is 88.2 Å². The fourth-order valence-corrected chi connectivity index (χ4v) is 6.67. The first-order chi connectivity index (χ1) is 29.2. The van der Waals surface area contributed by atoms with Gasteiger partial charge in [0.05, 0.1) is 6.61 Å². The third-order valence-corrected chi connectivity index (χ3v) is 10.1. The number of unbranched alkanes of at least 4 members (excludes halogenated alkanes) is 14. The number of carbonyl (C=O) groups is 2. The lowest BCUT2D eigenvalue weighted by Crippen LogP contribution is -2.21. The van der Waals surface area contributed by atoms with Crippen LogP contribution in [0.3, 0.4) is 0 Å². The van der Waals surface area contributed by atoms with Gasteiger partial charge in [-0.2, -0.15) is 0 Å². The lowest BCUT2D eigenvalue weighted by Gasteiger charge is -2.17. The van der Waals surface area contributed by atoms with E-state index in [4.69, 9.17) is 9.47 Å². The second kappa shape index (κ2) is 51.2. The Kier molecular flexibility index (Phi) is 52.2. The topological polar surface area (TPSA) is 52.6 Å². The molecule has 0 aromatic rings. The van der Waals surface area contributed by atoms with Crippen molar-refractivity contribution in [3.05, 3.63) is 96.2 Å². The van der Waals surface area contributed by atoms with E-state index in [1.807, 2.05) is 0 Å². The van der Waals surface area contributed by atoms with Crippen molar-refractivity contribution >= 4 is 11.9 Å². The van der Waals surface area contributed by atoms with Crippen molar-refractivity contribution in [2.75, 3.05) is 6.61 Å². The molecule has 4 nitrogen and oxygen atoms in total. The Labute approximate surface area is 380 Å². The molecule has 0 aliphatic rings. The minimum atomic E-state index is -0.162. The highest BCUT2D eigenvalue weighted by Gasteiger charge is 2.15. The number of rotatable bonds is 38. The Bertz CT molecular complexity index is 1200. The van der Waals surface area contributed by atoms with Crippen molar-refractivity contribution in [1.29, 1.82) is 0 Å². The summed E-state index contributed by atoms with van der Waals surface area (Å²) < 4.78 is 11.2. The summed E-state index contributed by atoms with van der Waals surface area (Å²) in [4.78, 5) is 24.5. The molecule has 0 spiro atoms. The maximum atomic E-state index is 12.4. The van der Waals surface area contributed by atoms with Crippen LogP contribution in [0, 0.1) is 5.92 Å². The first-order valence-corrected chi connectivity index (χ1v) is 24.8. The maximum Gasteiger partial charge on any atom is 0.306 e. The van der Waals surface area contributed by atoms with E-state index in [1.54, 1.807) is 0 Å². The van der Waals surface area contributed by atoms with Gasteiger partial charge in [0.2, 0.25) is 0 Å². The molecule has 0 radical (unpaired) electrons. The van der Waals surface area contributed by atoms with Crippen molar-refractivity contribution in [3.63, 3.8) is 0 Å². The molecule has 0 saturated heterocycles. The molecule has 61 heavy (non-hydrogen) atoms. The molecule has 0 rings (SSSR count). The van der Waals surface area contributed by atoms with Gasteiger partial charge >= 0.3 is 11.9 Å². The van der Waals surface area contributed by atoms with Gasteiger partial charge in [0.15, 0.2) is 0 Å². The molecular formula is C57H100O4. The van der Waals surface area contributed by atoms with E-state index in [-0.39, 0.29) is 25.5 Å². The summed E-state index contributed by atoms with van der Waals surface area (Å²) in [7, 11) is 0. The van der Waals surface area contributed by atoms with Gasteiger partial charge in [0, 0.05) is 19.3 Å². The zero-order valence-corrected chi connectivity index (χ0v) is 40.7. The van der Waals surface area contributed by atoms with E-state index in [9.17, 15) is 9.59 Å². The predicted octanol–water partition coefficient (Wildman–Crippen LogP) is 18.6. The smallest absolute Gasteiger partial charge is 0.306 e. The van der Waals surface area contributed by atoms with Crippen LogP contribution in [0.1, 0.15) is 236 Å². The fraction of sp³-hybridized carbons (Fsp3) is 0.684. The third kappa shape index (κ3) is 52.9. The molecule has 352 valence electrons. The Balaban J connectivity index is -0.00000190. The van der Waals surface area contributed by atoms with Crippen molar-refractivity contribution in [1.82, 2.24) is 0 Å². The van der Waals surface area contributed by atoms with Crippen LogP contribution in [-0.2, 0) is 19.1 Å². The van der Waals surface area contributed by atoms with Crippen LogP contribution in [-0.4, -0.2) is 24.6 Å². The summed E-state index contributed by atoms with van der Waals surface area (Å²) in [5.74, 6) is 0.535. The summed E-state index contributed by atoms with van der Waals surface area (Å²) in [6, 6.07) is 0. The molecule has 0 saturated carbocycles. The molecule has 2 unspecified atom stereocenters. The molecule has 2 atom stereocenters.